The van der Waals surface area contributed by atoms with Crippen molar-refractivity contribution in [2.24, 2.45) is 11.5 Å². The van der Waals surface area contributed by atoms with E-state index >= 15 is 0 Å². The first-order valence-electron chi connectivity index (χ1n) is 8.48. The topological polar surface area (TPSA) is 78.3 Å². The zero-order chi connectivity index (χ0) is 18.0. The van der Waals surface area contributed by atoms with Gasteiger partial charge in [-0.3, -0.25) is 4.79 Å². The lowest BCUT2D eigenvalue weighted by molar-refractivity contribution is -0.148. The monoisotopic (exact) mass is 342 g/mol. The molecule has 0 spiro atoms. The van der Waals surface area contributed by atoms with Crippen LogP contribution in [0.25, 0.3) is 0 Å². The predicted molar refractivity (Wildman–Crippen MR) is 94.5 cm³/mol. The van der Waals surface area contributed by atoms with Gasteiger partial charge in [0.15, 0.2) is 0 Å². The Bertz CT molecular complexity index is 778. The number of benzene rings is 2. The summed E-state index contributed by atoms with van der Waals surface area (Å²) in [6.45, 7) is 1.71. The summed E-state index contributed by atoms with van der Waals surface area (Å²) < 4.78 is 19.6. The van der Waals surface area contributed by atoms with Gasteiger partial charge in [0.2, 0.25) is 0 Å². The zero-order valence-corrected chi connectivity index (χ0v) is 14.2. The Morgan fingerprint density at radius 2 is 1.96 bits per heavy atom. The van der Waals surface area contributed by atoms with Crippen LogP contribution >= 0.6 is 0 Å². The van der Waals surface area contributed by atoms with E-state index in [2.05, 4.69) is 6.07 Å². The lowest BCUT2D eigenvalue weighted by atomic mass is 9.84. The van der Waals surface area contributed by atoms with Crippen LogP contribution in [0.5, 0.6) is 0 Å². The lowest BCUT2D eigenvalue weighted by Crippen LogP contribution is -2.33. The van der Waals surface area contributed by atoms with Crippen LogP contribution in [0.3, 0.4) is 0 Å². The number of fused-ring (bicyclic) bond motifs is 2. The molecule has 4 nitrogen and oxygen atoms in total. The van der Waals surface area contributed by atoms with Gasteiger partial charge in [-0.2, -0.15) is 0 Å². The molecule has 2 aromatic carbocycles. The van der Waals surface area contributed by atoms with Gasteiger partial charge in [-0.15, -0.1) is 0 Å². The average Bonchev–Trinajstić information content (AvgIpc) is 2.70. The zero-order valence-electron chi connectivity index (χ0n) is 14.2. The SMILES string of the molecule is CC(=O)OC1c2cc(F)ccc2Cc2ccccc2C1CC(N)CN. The molecular weight excluding hydrogens is 319 g/mol. The molecule has 3 unspecified atom stereocenters. The highest BCUT2D eigenvalue weighted by Crippen LogP contribution is 2.43. The molecule has 132 valence electrons. The number of hydrogen-bond donors (Lipinski definition) is 2. The Hall–Kier alpha value is -2.24. The molecule has 0 radical (unpaired) electrons. The van der Waals surface area contributed by atoms with Gasteiger partial charge in [-0.1, -0.05) is 30.3 Å². The van der Waals surface area contributed by atoms with Crippen molar-refractivity contribution < 1.29 is 13.9 Å². The number of hydrogen-bond acceptors (Lipinski definition) is 4. The van der Waals surface area contributed by atoms with Gasteiger partial charge < -0.3 is 16.2 Å². The standard InChI is InChI=1S/C20H23FN2O2/c1-12(24)25-20-18-9-15(21)7-6-14(18)8-13-4-2-3-5-17(13)19(20)10-16(23)11-22/h2-7,9,16,19-20H,8,10-11,22-23H2,1H3. The molecule has 4 N–H and O–H groups in total. The molecule has 3 atom stereocenters. The molecule has 0 saturated carbocycles. The summed E-state index contributed by atoms with van der Waals surface area (Å²) in [4.78, 5) is 11.8. The molecule has 0 saturated heterocycles. The molecule has 0 heterocycles. The van der Waals surface area contributed by atoms with E-state index in [0.29, 0.717) is 24.9 Å². The van der Waals surface area contributed by atoms with Gasteiger partial charge >= 0.3 is 5.97 Å². The number of carbonyl (C=O) groups excluding carboxylic acids is 1. The minimum absolute atomic E-state index is 0.165. The van der Waals surface area contributed by atoms with E-state index in [1.54, 1.807) is 6.07 Å². The largest absolute Gasteiger partial charge is 0.457 e. The number of rotatable bonds is 4. The quantitative estimate of drug-likeness (QED) is 0.838. The third-order valence-corrected chi connectivity index (χ3v) is 4.77. The third-order valence-electron chi connectivity index (χ3n) is 4.77. The first-order valence-corrected chi connectivity index (χ1v) is 8.48. The van der Waals surface area contributed by atoms with Crippen LogP contribution in [0, 0.1) is 5.82 Å². The van der Waals surface area contributed by atoms with Crippen LogP contribution in [0.2, 0.25) is 0 Å². The van der Waals surface area contributed by atoms with Crippen LogP contribution in [0.15, 0.2) is 42.5 Å². The molecule has 1 aliphatic rings. The number of carbonyl (C=O) groups is 1. The van der Waals surface area contributed by atoms with Crippen molar-refractivity contribution in [3.63, 3.8) is 0 Å². The maximum atomic E-state index is 13.9. The summed E-state index contributed by atoms with van der Waals surface area (Å²) in [7, 11) is 0. The van der Waals surface area contributed by atoms with Crippen LogP contribution in [0.4, 0.5) is 4.39 Å². The molecule has 1 aliphatic carbocycles. The van der Waals surface area contributed by atoms with Gasteiger partial charge in [0.1, 0.15) is 11.9 Å². The second-order valence-electron chi connectivity index (χ2n) is 6.59. The highest BCUT2D eigenvalue weighted by molar-refractivity contribution is 5.66. The van der Waals surface area contributed by atoms with Gasteiger partial charge in [0.25, 0.3) is 0 Å². The Morgan fingerprint density at radius 1 is 1.24 bits per heavy atom. The van der Waals surface area contributed by atoms with E-state index in [1.165, 1.54) is 19.1 Å². The van der Waals surface area contributed by atoms with E-state index in [9.17, 15) is 9.18 Å². The number of halogens is 1. The number of nitrogens with two attached hydrogens (primary N) is 2. The minimum Gasteiger partial charge on any atom is -0.457 e. The van der Waals surface area contributed by atoms with Crippen molar-refractivity contribution in [2.75, 3.05) is 6.54 Å². The van der Waals surface area contributed by atoms with Gasteiger partial charge in [0, 0.05) is 25.4 Å². The van der Waals surface area contributed by atoms with Crippen LogP contribution < -0.4 is 11.5 Å². The maximum Gasteiger partial charge on any atom is 0.303 e. The fourth-order valence-electron chi connectivity index (χ4n) is 3.63. The van der Waals surface area contributed by atoms with Crippen molar-refractivity contribution in [1.29, 1.82) is 0 Å². The molecule has 0 aliphatic heterocycles. The van der Waals surface area contributed by atoms with Crippen molar-refractivity contribution >= 4 is 5.97 Å². The molecule has 2 aromatic rings. The van der Waals surface area contributed by atoms with Crippen molar-refractivity contribution in [3.05, 3.63) is 70.5 Å². The Labute approximate surface area is 147 Å². The van der Waals surface area contributed by atoms with Crippen molar-refractivity contribution in [1.82, 2.24) is 0 Å². The molecule has 0 aromatic heterocycles. The summed E-state index contributed by atoms with van der Waals surface area (Å²) in [5.41, 5.74) is 15.7. The van der Waals surface area contributed by atoms with Gasteiger partial charge in [-0.05, 0) is 47.2 Å². The Morgan fingerprint density at radius 3 is 2.68 bits per heavy atom. The molecule has 0 bridgehead atoms. The van der Waals surface area contributed by atoms with Gasteiger partial charge in [-0.25, -0.2) is 4.39 Å². The first kappa shape index (κ1) is 17.6. The minimum atomic E-state index is -0.579. The Balaban J connectivity index is 2.17. The molecule has 5 heteroatoms. The van der Waals surface area contributed by atoms with E-state index in [-0.39, 0.29) is 17.8 Å². The predicted octanol–water partition coefficient (Wildman–Crippen LogP) is 2.79. The van der Waals surface area contributed by atoms with E-state index in [4.69, 9.17) is 16.2 Å². The van der Waals surface area contributed by atoms with Crippen LogP contribution in [0.1, 0.15) is 47.6 Å². The number of ether oxygens (including phenoxy) is 1. The molecular formula is C20H23FN2O2. The summed E-state index contributed by atoms with van der Waals surface area (Å²) in [5.74, 6) is -0.906. The first-order chi connectivity index (χ1) is 12.0. The molecule has 25 heavy (non-hydrogen) atoms. The second kappa shape index (κ2) is 7.33. The molecule has 3 rings (SSSR count). The fourth-order valence-corrected chi connectivity index (χ4v) is 3.63. The summed E-state index contributed by atoms with van der Waals surface area (Å²) in [6.07, 6.45) is 0.642. The lowest BCUT2D eigenvalue weighted by Gasteiger charge is -2.29. The summed E-state index contributed by atoms with van der Waals surface area (Å²) in [6, 6.07) is 12.5. The maximum absolute atomic E-state index is 13.9. The van der Waals surface area contributed by atoms with Crippen LogP contribution in [-0.2, 0) is 16.0 Å². The van der Waals surface area contributed by atoms with Gasteiger partial charge in [0.05, 0.1) is 0 Å². The second-order valence-corrected chi connectivity index (χ2v) is 6.59. The smallest absolute Gasteiger partial charge is 0.303 e. The summed E-state index contributed by atoms with van der Waals surface area (Å²) in [5, 5.41) is 0. The third kappa shape index (κ3) is 3.72. The van der Waals surface area contributed by atoms with E-state index in [1.807, 2.05) is 18.2 Å². The summed E-state index contributed by atoms with van der Waals surface area (Å²) >= 11 is 0. The van der Waals surface area contributed by atoms with Crippen LogP contribution in [-0.4, -0.2) is 18.6 Å². The highest BCUT2D eigenvalue weighted by atomic mass is 19.1. The van der Waals surface area contributed by atoms with E-state index in [0.717, 1.165) is 16.7 Å². The molecule has 0 fully saturated rings. The van der Waals surface area contributed by atoms with Crippen molar-refractivity contribution in [3.8, 4) is 0 Å². The van der Waals surface area contributed by atoms with E-state index < -0.39 is 12.1 Å². The molecule has 0 amide bonds. The average molecular weight is 342 g/mol. The highest BCUT2D eigenvalue weighted by Gasteiger charge is 2.34. The number of esters is 1. The fraction of sp³-hybridized carbons (Fsp3) is 0.350. The normalized spacial score (nSPS) is 20.2. The van der Waals surface area contributed by atoms with Crippen molar-refractivity contribution in [2.45, 2.75) is 37.8 Å². The Kier molecular flexibility index (Phi) is 5.16.